The highest BCUT2D eigenvalue weighted by Gasteiger charge is 2.12. The molecule has 0 bridgehead atoms. The summed E-state index contributed by atoms with van der Waals surface area (Å²) in [5, 5.41) is 5.03. The van der Waals surface area contributed by atoms with Gasteiger partial charge < -0.3 is 9.26 Å². The molecule has 0 amide bonds. The number of hydrogen-bond acceptors (Lipinski definition) is 8. The van der Waals surface area contributed by atoms with E-state index in [0.29, 0.717) is 16.0 Å². The molecule has 3 rings (SSSR count). The van der Waals surface area contributed by atoms with Crippen molar-refractivity contribution in [3.05, 3.63) is 52.6 Å². The number of halogens is 1. The molecule has 0 aliphatic heterocycles. The SMILES string of the molecule is Cc1cc(C)nc(SCC(=O)OCc2nc(-c3ccc(Cl)cc3)no2)n1. The van der Waals surface area contributed by atoms with Gasteiger partial charge in [0.05, 0.1) is 5.75 Å². The fourth-order valence-corrected chi connectivity index (χ4v) is 2.97. The van der Waals surface area contributed by atoms with Crippen LogP contribution in [-0.4, -0.2) is 31.8 Å². The molecule has 0 spiro atoms. The third-order valence-corrected chi connectivity index (χ3v) is 4.28. The maximum Gasteiger partial charge on any atom is 0.316 e. The van der Waals surface area contributed by atoms with Gasteiger partial charge in [0.15, 0.2) is 11.8 Å². The molecule has 2 aromatic heterocycles. The Morgan fingerprint density at radius 2 is 1.85 bits per heavy atom. The van der Waals surface area contributed by atoms with Crippen LogP contribution in [0.1, 0.15) is 17.3 Å². The number of aromatic nitrogens is 4. The van der Waals surface area contributed by atoms with Gasteiger partial charge in [0, 0.05) is 22.0 Å². The molecule has 0 N–H and O–H groups in total. The van der Waals surface area contributed by atoms with Crippen LogP contribution in [0.2, 0.25) is 5.02 Å². The average Bonchev–Trinajstić information content (AvgIpc) is 3.07. The van der Waals surface area contributed by atoms with Crippen molar-refractivity contribution < 1.29 is 14.1 Å². The first kappa shape index (κ1) is 18.3. The van der Waals surface area contributed by atoms with Crippen LogP contribution in [0.25, 0.3) is 11.4 Å². The fourth-order valence-electron chi connectivity index (χ4n) is 2.10. The molecule has 0 atom stereocenters. The minimum Gasteiger partial charge on any atom is -0.455 e. The average molecular weight is 391 g/mol. The molecule has 0 saturated heterocycles. The van der Waals surface area contributed by atoms with Gasteiger partial charge in [0.1, 0.15) is 0 Å². The lowest BCUT2D eigenvalue weighted by Gasteiger charge is -2.03. The molecule has 0 unspecified atom stereocenters. The Balaban J connectivity index is 1.51. The van der Waals surface area contributed by atoms with E-state index in [9.17, 15) is 4.79 Å². The quantitative estimate of drug-likeness (QED) is 0.358. The third-order valence-electron chi connectivity index (χ3n) is 3.21. The van der Waals surface area contributed by atoms with E-state index < -0.39 is 5.97 Å². The summed E-state index contributed by atoms with van der Waals surface area (Å²) in [6.45, 7) is 3.67. The summed E-state index contributed by atoms with van der Waals surface area (Å²) < 4.78 is 10.2. The highest BCUT2D eigenvalue weighted by atomic mass is 35.5. The Bertz CT molecular complexity index is 894. The van der Waals surface area contributed by atoms with Crippen molar-refractivity contribution in [1.29, 1.82) is 0 Å². The number of aryl methyl sites for hydroxylation is 2. The molecule has 9 heteroatoms. The van der Waals surface area contributed by atoms with Gasteiger partial charge in [-0.15, -0.1) is 0 Å². The Kier molecular flexibility index (Phi) is 5.85. The summed E-state index contributed by atoms with van der Waals surface area (Å²) in [7, 11) is 0. The summed E-state index contributed by atoms with van der Waals surface area (Å²) in [6.07, 6.45) is 0. The Labute approximate surface area is 159 Å². The van der Waals surface area contributed by atoms with Crippen molar-refractivity contribution in [3.63, 3.8) is 0 Å². The Morgan fingerprint density at radius 1 is 1.15 bits per heavy atom. The summed E-state index contributed by atoms with van der Waals surface area (Å²) >= 11 is 7.07. The van der Waals surface area contributed by atoms with E-state index >= 15 is 0 Å². The number of esters is 1. The van der Waals surface area contributed by atoms with E-state index in [-0.39, 0.29) is 18.3 Å². The van der Waals surface area contributed by atoms with Crippen molar-refractivity contribution in [2.24, 2.45) is 0 Å². The van der Waals surface area contributed by atoms with Crippen LogP contribution in [0.5, 0.6) is 0 Å². The molecule has 0 aliphatic carbocycles. The summed E-state index contributed by atoms with van der Waals surface area (Å²) in [5.41, 5.74) is 2.47. The molecule has 2 heterocycles. The monoisotopic (exact) mass is 390 g/mol. The standard InChI is InChI=1S/C17H15ClN4O3S/c1-10-7-11(2)20-17(19-10)26-9-15(23)24-8-14-21-16(22-25-14)12-3-5-13(18)6-4-12/h3-7H,8-9H2,1-2H3. The van der Waals surface area contributed by atoms with Gasteiger partial charge in [-0.3, -0.25) is 4.79 Å². The van der Waals surface area contributed by atoms with Gasteiger partial charge >= 0.3 is 5.97 Å². The zero-order valence-corrected chi connectivity index (χ0v) is 15.7. The van der Waals surface area contributed by atoms with E-state index in [1.165, 1.54) is 11.8 Å². The van der Waals surface area contributed by atoms with Crippen molar-refractivity contribution in [2.75, 3.05) is 5.75 Å². The molecule has 0 saturated carbocycles. The zero-order chi connectivity index (χ0) is 18.5. The molecular weight excluding hydrogens is 376 g/mol. The van der Waals surface area contributed by atoms with Gasteiger partial charge in [-0.05, 0) is 44.2 Å². The molecule has 0 fully saturated rings. The summed E-state index contributed by atoms with van der Waals surface area (Å²) in [5.74, 6) is 0.312. The predicted octanol–water partition coefficient (Wildman–Crippen LogP) is 3.63. The molecule has 0 aliphatic rings. The second-order valence-corrected chi connectivity index (χ2v) is 6.78. The lowest BCUT2D eigenvalue weighted by Crippen LogP contribution is -2.08. The van der Waals surface area contributed by atoms with E-state index in [0.717, 1.165) is 17.0 Å². The Morgan fingerprint density at radius 3 is 2.54 bits per heavy atom. The van der Waals surface area contributed by atoms with E-state index in [1.54, 1.807) is 24.3 Å². The number of thioether (sulfide) groups is 1. The smallest absolute Gasteiger partial charge is 0.316 e. The van der Waals surface area contributed by atoms with Gasteiger partial charge in [0.2, 0.25) is 5.82 Å². The number of ether oxygens (including phenoxy) is 1. The lowest BCUT2D eigenvalue weighted by molar-refractivity contribution is -0.142. The number of hydrogen-bond donors (Lipinski definition) is 0. The maximum atomic E-state index is 11.9. The second-order valence-electron chi connectivity index (χ2n) is 5.40. The van der Waals surface area contributed by atoms with Crippen LogP contribution in [0.4, 0.5) is 0 Å². The van der Waals surface area contributed by atoms with Crippen molar-refractivity contribution in [1.82, 2.24) is 20.1 Å². The van der Waals surface area contributed by atoms with Crippen molar-refractivity contribution in [3.8, 4) is 11.4 Å². The minimum atomic E-state index is -0.413. The van der Waals surface area contributed by atoms with Crippen molar-refractivity contribution in [2.45, 2.75) is 25.6 Å². The molecule has 7 nitrogen and oxygen atoms in total. The van der Waals surface area contributed by atoms with Crippen LogP contribution in [0.3, 0.4) is 0 Å². The van der Waals surface area contributed by atoms with Gasteiger partial charge in [-0.25, -0.2) is 9.97 Å². The predicted molar refractivity (Wildman–Crippen MR) is 96.8 cm³/mol. The van der Waals surface area contributed by atoms with Crippen LogP contribution >= 0.6 is 23.4 Å². The second kappa shape index (κ2) is 8.29. The van der Waals surface area contributed by atoms with Gasteiger partial charge in [0.25, 0.3) is 5.89 Å². The highest BCUT2D eigenvalue weighted by molar-refractivity contribution is 7.99. The largest absolute Gasteiger partial charge is 0.455 e. The molecule has 26 heavy (non-hydrogen) atoms. The minimum absolute atomic E-state index is 0.0896. The van der Waals surface area contributed by atoms with Crippen LogP contribution in [-0.2, 0) is 16.1 Å². The first-order valence-electron chi connectivity index (χ1n) is 7.69. The van der Waals surface area contributed by atoms with Crippen LogP contribution in [0.15, 0.2) is 40.0 Å². The molecule has 0 radical (unpaired) electrons. The maximum absolute atomic E-state index is 11.9. The molecule has 3 aromatic rings. The van der Waals surface area contributed by atoms with Gasteiger partial charge in [-0.1, -0.05) is 28.5 Å². The number of rotatable bonds is 6. The highest BCUT2D eigenvalue weighted by Crippen LogP contribution is 2.19. The lowest BCUT2D eigenvalue weighted by atomic mass is 10.2. The number of nitrogens with zero attached hydrogens (tertiary/aromatic N) is 4. The normalized spacial score (nSPS) is 10.7. The summed E-state index contributed by atoms with van der Waals surface area (Å²) in [4.78, 5) is 24.6. The molecule has 1 aromatic carbocycles. The Hall–Kier alpha value is -2.45. The van der Waals surface area contributed by atoms with E-state index in [1.807, 2.05) is 19.9 Å². The number of carbonyl (C=O) groups is 1. The first-order valence-corrected chi connectivity index (χ1v) is 9.05. The van der Waals surface area contributed by atoms with Crippen LogP contribution < -0.4 is 0 Å². The van der Waals surface area contributed by atoms with E-state index in [2.05, 4.69) is 20.1 Å². The molecular formula is C17H15ClN4O3S. The first-order chi connectivity index (χ1) is 12.5. The number of benzene rings is 1. The zero-order valence-electron chi connectivity index (χ0n) is 14.1. The fraction of sp³-hybridized carbons (Fsp3) is 0.235. The van der Waals surface area contributed by atoms with Crippen molar-refractivity contribution >= 4 is 29.3 Å². The number of carbonyl (C=O) groups excluding carboxylic acids is 1. The third kappa shape index (κ3) is 5.03. The molecule has 134 valence electrons. The van der Waals surface area contributed by atoms with Gasteiger partial charge in [-0.2, -0.15) is 4.98 Å². The van der Waals surface area contributed by atoms with E-state index in [4.69, 9.17) is 20.9 Å². The van der Waals surface area contributed by atoms with Crippen LogP contribution in [0, 0.1) is 13.8 Å². The topological polar surface area (TPSA) is 91.0 Å². The summed E-state index contributed by atoms with van der Waals surface area (Å²) in [6, 6.07) is 8.90.